The lowest BCUT2D eigenvalue weighted by Crippen LogP contribution is -2.48. The lowest BCUT2D eigenvalue weighted by molar-refractivity contribution is -0.385. The molecule has 0 aromatic heterocycles. The Labute approximate surface area is 159 Å². The van der Waals surface area contributed by atoms with Crippen LogP contribution in [0, 0.1) is 24.0 Å². The molecule has 1 fully saturated rings. The molecule has 1 heterocycles. The first-order valence-corrected chi connectivity index (χ1v) is 9.22. The maximum absolute atomic E-state index is 12.5. The predicted molar refractivity (Wildman–Crippen MR) is 105 cm³/mol. The number of nitro groups is 1. The second-order valence-corrected chi connectivity index (χ2v) is 7.14. The molecule has 0 N–H and O–H groups in total. The van der Waals surface area contributed by atoms with Crippen molar-refractivity contribution in [3.8, 4) is 0 Å². The smallest absolute Gasteiger partial charge is 0.272 e. The van der Waals surface area contributed by atoms with Gasteiger partial charge in [0.15, 0.2) is 0 Å². The van der Waals surface area contributed by atoms with E-state index >= 15 is 0 Å². The Kier molecular flexibility index (Phi) is 5.86. The summed E-state index contributed by atoms with van der Waals surface area (Å²) in [6.45, 7) is 7.46. The Balaban J connectivity index is 1.54. The number of piperazine rings is 1. The van der Waals surface area contributed by atoms with Crippen LogP contribution in [0.2, 0.25) is 0 Å². The van der Waals surface area contributed by atoms with Crippen LogP contribution in [0.25, 0.3) is 0 Å². The van der Waals surface area contributed by atoms with Gasteiger partial charge in [-0.2, -0.15) is 0 Å². The molecule has 0 spiro atoms. The van der Waals surface area contributed by atoms with E-state index in [2.05, 4.69) is 4.90 Å². The second kappa shape index (κ2) is 8.31. The van der Waals surface area contributed by atoms with Crippen LogP contribution in [-0.2, 0) is 17.8 Å². The summed E-state index contributed by atoms with van der Waals surface area (Å²) in [6, 6.07) is 13.3. The molecule has 0 aliphatic carbocycles. The molecular weight excluding hydrogens is 342 g/mol. The number of aryl methyl sites for hydroxylation is 1. The van der Waals surface area contributed by atoms with Crippen molar-refractivity contribution >= 4 is 11.6 Å². The van der Waals surface area contributed by atoms with Crippen molar-refractivity contribution in [2.45, 2.75) is 26.8 Å². The number of rotatable bonds is 5. The van der Waals surface area contributed by atoms with Crippen LogP contribution in [0.1, 0.15) is 22.3 Å². The van der Waals surface area contributed by atoms with Gasteiger partial charge in [-0.15, -0.1) is 0 Å². The molecule has 6 nitrogen and oxygen atoms in total. The molecule has 142 valence electrons. The Bertz CT molecular complexity index is 825. The van der Waals surface area contributed by atoms with Crippen molar-refractivity contribution in [1.82, 2.24) is 9.80 Å². The van der Waals surface area contributed by atoms with Crippen molar-refractivity contribution in [1.29, 1.82) is 0 Å². The SMILES string of the molecule is Cc1ccc(CC(=O)N2CCN(Cc3cccc([N+](=O)[O-])c3C)CC2)cc1. The molecule has 0 unspecified atom stereocenters. The molecule has 3 rings (SSSR count). The van der Waals surface area contributed by atoms with Gasteiger partial charge in [-0.25, -0.2) is 0 Å². The second-order valence-electron chi connectivity index (χ2n) is 7.14. The molecule has 1 saturated heterocycles. The number of nitrogens with zero attached hydrogens (tertiary/aromatic N) is 3. The third-order valence-corrected chi connectivity index (χ3v) is 5.21. The predicted octanol–water partition coefficient (Wildman–Crippen LogP) is 3.10. The molecule has 2 aromatic carbocycles. The lowest BCUT2D eigenvalue weighted by atomic mass is 10.1. The third kappa shape index (κ3) is 4.71. The highest BCUT2D eigenvalue weighted by Gasteiger charge is 2.22. The summed E-state index contributed by atoms with van der Waals surface area (Å²) < 4.78 is 0. The maximum atomic E-state index is 12.5. The maximum Gasteiger partial charge on any atom is 0.272 e. The average molecular weight is 367 g/mol. The van der Waals surface area contributed by atoms with E-state index in [1.807, 2.05) is 42.2 Å². The van der Waals surface area contributed by atoms with Crippen molar-refractivity contribution in [2.75, 3.05) is 26.2 Å². The summed E-state index contributed by atoms with van der Waals surface area (Å²) >= 11 is 0. The molecule has 2 aromatic rings. The van der Waals surface area contributed by atoms with Crippen LogP contribution >= 0.6 is 0 Å². The summed E-state index contributed by atoms with van der Waals surface area (Å²) in [5.74, 6) is 0.157. The number of carbonyl (C=O) groups excluding carboxylic acids is 1. The number of nitro benzene ring substituents is 1. The van der Waals surface area contributed by atoms with Crippen molar-refractivity contribution in [3.05, 3.63) is 74.8 Å². The van der Waals surface area contributed by atoms with Gasteiger partial charge >= 0.3 is 0 Å². The topological polar surface area (TPSA) is 66.7 Å². The number of hydrogen-bond donors (Lipinski definition) is 0. The van der Waals surface area contributed by atoms with Gasteiger partial charge in [-0.3, -0.25) is 19.8 Å². The number of hydrogen-bond acceptors (Lipinski definition) is 4. The highest BCUT2D eigenvalue weighted by molar-refractivity contribution is 5.78. The molecule has 1 aliphatic rings. The van der Waals surface area contributed by atoms with Crippen molar-refractivity contribution < 1.29 is 9.72 Å². The van der Waals surface area contributed by atoms with E-state index in [4.69, 9.17) is 0 Å². The minimum atomic E-state index is -0.333. The van der Waals surface area contributed by atoms with Gasteiger partial charge in [0.25, 0.3) is 5.69 Å². The molecule has 6 heteroatoms. The van der Waals surface area contributed by atoms with E-state index in [1.54, 1.807) is 19.1 Å². The summed E-state index contributed by atoms with van der Waals surface area (Å²) in [6.07, 6.45) is 0.435. The van der Waals surface area contributed by atoms with Gasteiger partial charge in [0, 0.05) is 44.4 Å². The Morgan fingerprint density at radius 2 is 1.70 bits per heavy atom. The quantitative estimate of drug-likeness (QED) is 0.602. The van der Waals surface area contributed by atoms with Crippen LogP contribution in [0.15, 0.2) is 42.5 Å². The van der Waals surface area contributed by atoms with Gasteiger partial charge in [-0.1, -0.05) is 42.0 Å². The highest BCUT2D eigenvalue weighted by atomic mass is 16.6. The van der Waals surface area contributed by atoms with Gasteiger partial charge in [-0.05, 0) is 25.0 Å². The van der Waals surface area contributed by atoms with Gasteiger partial charge < -0.3 is 4.90 Å². The normalized spacial score (nSPS) is 15.0. The summed E-state index contributed by atoms with van der Waals surface area (Å²) in [4.78, 5) is 27.5. The van der Waals surface area contributed by atoms with E-state index < -0.39 is 0 Å². The fourth-order valence-electron chi connectivity index (χ4n) is 3.43. The zero-order valence-corrected chi connectivity index (χ0v) is 15.9. The molecule has 27 heavy (non-hydrogen) atoms. The third-order valence-electron chi connectivity index (χ3n) is 5.21. The van der Waals surface area contributed by atoms with E-state index in [0.717, 1.165) is 29.8 Å². The Hall–Kier alpha value is -2.73. The van der Waals surface area contributed by atoms with E-state index in [0.29, 0.717) is 26.1 Å². The standard InChI is InChI=1S/C21H25N3O3/c1-16-6-8-18(9-7-16)14-21(25)23-12-10-22(11-13-23)15-19-4-3-5-20(17(19)2)24(26)27/h3-9H,10-15H2,1-2H3. The van der Waals surface area contributed by atoms with E-state index in [1.165, 1.54) is 5.56 Å². The molecule has 1 aliphatic heterocycles. The zero-order valence-electron chi connectivity index (χ0n) is 15.9. The highest BCUT2D eigenvalue weighted by Crippen LogP contribution is 2.22. The monoisotopic (exact) mass is 367 g/mol. The molecule has 0 saturated carbocycles. The zero-order chi connectivity index (χ0) is 19.4. The largest absolute Gasteiger partial charge is 0.340 e. The van der Waals surface area contributed by atoms with Crippen LogP contribution in [0.4, 0.5) is 5.69 Å². The minimum absolute atomic E-state index is 0.157. The summed E-state index contributed by atoms with van der Waals surface area (Å²) in [5, 5.41) is 11.1. The molecule has 0 bridgehead atoms. The van der Waals surface area contributed by atoms with Crippen LogP contribution in [0.3, 0.4) is 0 Å². The first-order valence-electron chi connectivity index (χ1n) is 9.22. The fraction of sp³-hybridized carbons (Fsp3) is 0.381. The van der Waals surface area contributed by atoms with Crippen LogP contribution in [-0.4, -0.2) is 46.8 Å². The Morgan fingerprint density at radius 1 is 1.04 bits per heavy atom. The van der Waals surface area contributed by atoms with Crippen LogP contribution in [0.5, 0.6) is 0 Å². The van der Waals surface area contributed by atoms with Crippen LogP contribution < -0.4 is 0 Å². The van der Waals surface area contributed by atoms with E-state index in [9.17, 15) is 14.9 Å². The molecule has 1 amide bonds. The molecule has 0 atom stereocenters. The minimum Gasteiger partial charge on any atom is -0.340 e. The fourth-order valence-corrected chi connectivity index (χ4v) is 3.43. The summed E-state index contributed by atoms with van der Waals surface area (Å²) in [7, 11) is 0. The van der Waals surface area contributed by atoms with Gasteiger partial charge in [0.05, 0.1) is 11.3 Å². The Morgan fingerprint density at radius 3 is 2.33 bits per heavy atom. The number of carbonyl (C=O) groups is 1. The summed E-state index contributed by atoms with van der Waals surface area (Å²) in [5.41, 5.74) is 4.10. The number of benzene rings is 2. The van der Waals surface area contributed by atoms with Crippen molar-refractivity contribution in [3.63, 3.8) is 0 Å². The average Bonchev–Trinajstić information content (AvgIpc) is 2.65. The van der Waals surface area contributed by atoms with Crippen molar-refractivity contribution in [2.24, 2.45) is 0 Å². The molecular formula is C21H25N3O3. The van der Waals surface area contributed by atoms with Gasteiger partial charge in [0.1, 0.15) is 0 Å². The van der Waals surface area contributed by atoms with E-state index in [-0.39, 0.29) is 16.5 Å². The first-order chi connectivity index (χ1) is 12.9. The lowest BCUT2D eigenvalue weighted by Gasteiger charge is -2.35. The first kappa shape index (κ1) is 19.0. The van der Waals surface area contributed by atoms with Gasteiger partial charge in [0.2, 0.25) is 5.91 Å². The molecule has 0 radical (unpaired) electrons. The number of amides is 1.